The summed E-state index contributed by atoms with van der Waals surface area (Å²) in [5, 5.41) is 0. The van der Waals surface area contributed by atoms with Crippen LogP contribution in [0.15, 0.2) is 15.0 Å². The van der Waals surface area contributed by atoms with Crippen molar-refractivity contribution < 1.29 is 0 Å². The predicted molar refractivity (Wildman–Crippen MR) is 145 cm³/mol. The van der Waals surface area contributed by atoms with Crippen LogP contribution in [0.4, 0.5) is 0 Å². The first-order chi connectivity index (χ1) is 15.8. The number of rotatable bonds is 9. The topological polar surface area (TPSA) is 138 Å². The summed E-state index contributed by atoms with van der Waals surface area (Å²) in [6, 6.07) is 0. The highest BCUT2D eigenvalue weighted by molar-refractivity contribution is 5.84. The summed E-state index contributed by atoms with van der Waals surface area (Å²) < 4.78 is 0. The van der Waals surface area contributed by atoms with Crippen LogP contribution >= 0.6 is 0 Å². The third kappa shape index (κ3) is 6.84. The van der Waals surface area contributed by atoms with Crippen LogP contribution in [0.5, 0.6) is 0 Å². The van der Waals surface area contributed by atoms with Crippen molar-refractivity contribution in [3.63, 3.8) is 0 Å². The molecule has 0 aliphatic rings. The highest BCUT2D eigenvalue weighted by Crippen LogP contribution is 2.26. The van der Waals surface area contributed by atoms with Gasteiger partial charge in [-0.2, -0.15) is 0 Å². The second kappa shape index (κ2) is 14.1. The molecule has 13 nitrogen and oxygen atoms in total. The van der Waals surface area contributed by atoms with Crippen LogP contribution in [0, 0.1) is 0 Å². The van der Waals surface area contributed by atoms with Gasteiger partial charge in [0.15, 0.2) is 17.9 Å². The van der Waals surface area contributed by atoms with E-state index in [1.807, 2.05) is 87.9 Å². The van der Waals surface area contributed by atoms with Crippen molar-refractivity contribution in [3.8, 4) is 0 Å². The SMILES string of the molecule is CN=C(N(C)C)N(C)C(N(CCN)CCN)C(N)(N(C)C(=NC)N(C)C)N(C)C(=NC)N(C)C. The fourth-order valence-corrected chi connectivity index (χ4v) is 4.46. The lowest BCUT2D eigenvalue weighted by Crippen LogP contribution is -2.81. The van der Waals surface area contributed by atoms with E-state index in [0.717, 1.165) is 5.96 Å². The van der Waals surface area contributed by atoms with Crippen molar-refractivity contribution in [2.24, 2.45) is 32.2 Å². The minimum Gasteiger partial charge on any atom is -0.349 e. The van der Waals surface area contributed by atoms with E-state index in [1.54, 1.807) is 21.1 Å². The molecule has 200 valence electrons. The number of hydrogen-bond acceptors (Lipinski definition) is 7. The maximum atomic E-state index is 7.51. The van der Waals surface area contributed by atoms with Gasteiger partial charge in [0.2, 0.25) is 5.79 Å². The summed E-state index contributed by atoms with van der Waals surface area (Å²) in [6.45, 7) is 2.05. The summed E-state index contributed by atoms with van der Waals surface area (Å²) in [5.74, 6) is 0.952. The highest BCUT2D eigenvalue weighted by Gasteiger charge is 2.51. The molecule has 0 aromatic carbocycles. The van der Waals surface area contributed by atoms with Crippen molar-refractivity contribution in [2.75, 3.05) is 111 Å². The molecule has 0 radical (unpaired) electrons. The van der Waals surface area contributed by atoms with Gasteiger partial charge in [0.1, 0.15) is 6.17 Å². The summed E-state index contributed by atoms with van der Waals surface area (Å²) >= 11 is 0. The molecule has 0 spiro atoms. The Balaban J connectivity index is 7.41. The molecular formula is C21H51N13. The summed E-state index contributed by atoms with van der Waals surface area (Å²) in [5.41, 5.74) is 19.6. The first-order valence-electron chi connectivity index (χ1n) is 11.4. The molecule has 0 fully saturated rings. The van der Waals surface area contributed by atoms with Crippen LogP contribution in [0.2, 0.25) is 0 Å². The van der Waals surface area contributed by atoms with E-state index in [0.29, 0.717) is 38.1 Å². The van der Waals surface area contributed by atoms with Gasteiger partial charge in [0.05, 0.1) is 0 Å². The smallest absolute Gasteiger partial charge is 0.206 e. The Morgan fingerprint density at radius 3 is 1.21 bits per heavy atom. The van der Waals surface area contributed by atoms with Crippen molar-refractivity contribution in [2.45, 2.75) is 12.0 Å². The first-order valence-corrected chi connectivity index (χ1v) is 11.4. The van der Waals surface area contributed by atoms with Crippen molar-refractivity contribution >= 4 is 17.9 Å². The monoisotopic (exact) mass is 485 g/mol. The number of guanidine groups is 3. The molecule has 1 atom stereocenters. The number of nitrogens with zero attached hydrogens (tertiary/aromatic N) is 10. The van der Waals surface area contributed by atoms with Gasteiger partial charge in [-0.25, -0.2) is 0 Å². The lowest BCUT2D eigenvalue weighted by atomic mass is 10.1. The van der Waals surface area contributed by atoms with E-state index >= 15 is 0 Å². The van der Waals surface area contributed by atoms with E-state index in [1.165, 1.54) is 0 Å². The Kier molecular flexibility index (Phi) is 13.2. The molecule has 0 heterocycles. The van der Waals surface area contributed by atoms with Crippen LogP contribution in [-0.2, 0) is 0 Å². The number of likely N-dealkylation sites (N-methyl/N-ethyl adjacent to an activating group) is 3. The molecule has 34 heavy (non-hydrogen) atoms. The molecule has 1 unspecified atom stereocenters. The molecule has 0 saturated heterocycles. The zero-order chi connectivity index (χ0) is 26.8. The van der Waals surface area contributed by atoms with Crippen molar-refractivity contribution in [1.82, 2.24) is 34.3 Å². The summed E-state index contributed by atoms with van der Waals surface area (Å²) in [4.78, 5) is 27.6. The molecule has 6 N–H and O–H groups in total. The van der Waals surface area contributed by atoms with E-state index < -0.39 is 12.0 Å². The van der Waals surface area contributed by atoms with Gasteiger partial charge in [-0.05, 0) is 0 Å². The highest BCUT2D eigenvalue weighted by atomic mass is 15.6. The zero-order valence-electron chi connectivity index (χ0n) is 23.6. The lowest BCUT2D eigenvalue weighted by Gasteiger charge is -2.57. The molecule has 0 saturated carbocycles. The average Bonchev–Trinajstić information content (AvgIpc) is 2.74. The second-order valence-electron chi connectivity index (χ2n) is 8.75. The van der Waals surface area contributed by atoms with Gasteiger partial charge in [-0.15, -0.1) is 0 Å². The largest absolute Gasteiger partial charge is 0.349 e. The second-order valence-corrected chi connectivity index (χ2v) is 8.75. The standard InChI is InChI=1S/C21H51N13/c1-25-18(28(4)5)31(10)17(34(15-13-22)16-14-23)21(24,32(11)19(26-2)29(6)7)33(12)20(27-3)30(8)9/h17H,13-16,22-24H2,1-12H3. The maximum absolute atomic E-state index is 7.51. The van der Waals surface area contributed by atoms with Gasteiger partial charge in [-0.1, -0.05) is 0 Å². The van der Waals surface area contributed by atoms with E-state index in [9.17, 15) is 0 Å². The Bertz CT molecular complexity index is 650. The molecule has 0 aromatic heterocycles. The Morgan fingerprint density at radius 2 is 0.971 bits per heavy atom. The van der Waals surface area contributed by atoms with Crippen LogP contribution < -0.4 is 17.2 Å². The maximum Gasteiger partial charge on any atom is 0.206 e. The van der Waals surface area contributed by atoms with Gasteiger partial charge in [0, 0.05) is 111 Å². The number of hydrogen-bond donors (Lipinski definition) is 3. The zero-order valence-corrected chi connectivity index (χ0v) is 23.6. The van der Waals surface area contributed by atoms with Crippen LogP contribution in [0.3, 0.4) is 0 Å². The first kappa shape index (κ1) is 31.6. The fraction of sp³-hybridized carbons (Fsp3) is 0.857. The number of aliphatic imine (C=N–C) groups is 3. The lowest BCUT2D eigenvalue weighted by molar-refractivity contribution is -0.0814. The number of nitrogens with two attached hydrogens (primary N) is 3. The Labute approximate surface area is 207 Å². The van der Waals surface area contributed by atoms with E-state index in [-0.39, 0.29) is 0 Å². The molecule has 0 bridgehead atoms. The van der Waals surface area contributed by atoms with Crippen LogP contribution in [-0.4, -0.2) is 175 Å². The minimum atomic E-state index is -1.19. The third-order valence-electron chi connectivity index (χ3n) is 5.72. The van der Waals surface area contributed by atoms with Crippen LogP contribution in [0.25, 0.3) is 0 Å². The molecule has 0 aliphatic carbocycles. The molecule has 0 aliphatic heterocycles. The normalized spacial score (nSPS) is 15.7. The van der Waals surface area contributed by atoms with Crippen molar-refractivity contribution in [1.29, 1.82) is 0 Å². The van der Waals surface area contributed by atoms with Gasteiger partial charge < -0.3 is 40.9 Å². The molecule has 0 aromatic rings. The molecule has 0 amide bonds. The third-order valence-corrected chi connectivity index (χ3v) is 5.72. The Morgan fingerprint density at radius 1 is 0.647 bits per heavy atom. The Hall–Kier alpha value is -2.35. The van der Waals surface area contributed by atoms with Gasteiger partial charge >= 0.3 is 0 Å². The van der Waals surface area contributed by atoms with Crippen molar-refractivity contribution in [3.05, 3.63) is 0 Å². The van der Waals surface area contributed by atoms with E-state index in [2.05, 4.69) is 24.8 Å². The summed E-state index contributed by atoms with van der Waals surface area (Å²) in [6.07, 6.45) is -0.455. The molecule has 0 rings (SSSR count). The fourth-order valence-electron chi connectivity index (χ4n) is 4.46. The van der Waals surface area contributed by atoms with Gasteiger partial charge in [0.25, 0.3) is 0 Å². The summed E-state index contributed by atoms with van der Waals surface area (Å²) in [7, 11) is 22.8. The van der Waals surface area contributed by atoms with Gasteiger partial charge in [-0.3, -0.25) is 25.6 Å². The van der Waals surface area contributed by atoms with Crippen LogP contribution in [0.1, 0.15) is 0 Å². The van der Waals surface area contributed by atoms with E-state index in [4.69, 9.17) is 17.2 Å². The average molecular weight is 486 g/mol. The molecular weight excluding hydrogens is 434 g/mol. The predicted octanol–water partition coefficient (Wildman–Crippen LogP) is -2.42. The minimum absolute atomic E-state index is 0.444. The molecule has 13 heteroatoms. The quantitative estimate of drug-likeness (QED) is 0.184.